The number of nitrogens with one attached hydrogen (secondary N) is 1. The Bertz CT molecular complexity index is 422. The van der Waals surface area contributed by atoms with Crippen LogP contribution >= 0.6 is 0 Å². The summed E-state index contributed by atoms with van der Waals surface area (Å²) in [5, 5.41) is 12.2. The first-order valence-corrected chi connectivity index (χ1v) is 6.20. The first-order chi connectivity index (χ1) is 8.70. The molecule has 0 saturated heterocycles. The second-order valence-electron chi connectivity index (χ2n) is 4.52. The average Bonchev–Trinajstić information content (AvgIpc) is 2.39. The van der Waals surface area contributed by atoms with E-state index in [1.54, 1.807) is 19.2 Å². The van der Waals surface area contributed by atoms with Gasteiger partial charge in [-0.15, -0.1) is 0 Å². The fraction of sp³-hybridized carbons (Fsp3) is 0.538. The van der Waals surface area contributed by atoms with Crippen LogP contribution in [0.3, 0.4) is 0 Å². The summed E-state index contributed by atoms with van der Waals surface area (Å²) in [4.78, 5) is 14.9. The number of methoxy groups -OCH3 is 1. The van der Waals surface area contributed by atoms with E-state index in [-0.39, 0.29) is 17.8 Å². The molecule has 5 heteroatoms. The number of hydrogen-bond acceptors (Lipinski definition) is 4. The van der Waals surface area contributed by atoms with Crippen molar-refractivity contribution in [2.45, 2.75) is 37.8 Å². The molecular weight excluding hydrogens is 232 g/mol. The molecule has 1 fully saturated rings. The fourth-order valence-corrected chi connectivity index (χ4v) is 2.37. The molecule has 0 aromatic carbocycles. The number of hydrogen-bond donors (Lipinski definition) is 2. The Kier molecular flexibility index (Phi) is 4.15. The minimum absolute atomic E-state index is 0.0600. The first-order valence-electron chi connectivity index (χ1n) is 6.20. The Hall–Kier alpha value is -1.62. The second-order valence-corrected chi connectivity index (χ2v) is 4.52. The molecule has 1 aromatic heterocycles. The maximum absolute atomic E-state index is 10.9. The summed E-state index contributed by atoms with van der Waals surface area (Å²) in [5.74, 6) is -0.408. The molecule has 0 unspecified atom stereocenters. The number of rotatable bonds is 4. The van der Waals surface area contributed by atoms with E-state index >= 15 is 0 Å². The van der Waals surface area contributed by atoms with Crippen molar-refractivity contribution in [3.63, 3.8) is 0 Å². The second kappa shape index (κ2) is 5.82. The van der Waals surface area contributed by atoms with Crippen molar-refractivity contribution in [2.24, 2.45) is 0 Å². The van der Waals surface area contributed by atoms with Crippen molar-refractivity contribution >= 4 is 11.8 Å². The highest BCUT2D eigenvalue weighted by Gasteiger charge is 2.25. The molecule has 2 atom stereocenters. The van der Waals surface area contributed by atoms with Crippen molar-refractivity contribution in [1.82, 2.24) is 4.98 Å². The largest absolute Gasteiger partial charge is 0.477 e. The summed E-state index contributed by atoms with van der Waals surface area (Å²) < 4.78 is 5.45. The molecule has 2 N–H and O–H groups in total. The lowest BCUT2D eigenvalue weighted by molar-refractivity contribution is 0.0605. The van der Waals surface area contributed by atoms with Gasteiger partial charge < -0.3 is 15.2 Å². The van der Waals surface area contributed by atoms with Crippen LogP contribution in [0.25, 0.3) is 0 Å². The third kappa shape index (κ3) is 2.98. The van der Waals surface area contributed by atoms with Gasteiger partial charge in [-0.1, -0.05) is 18.9 Å². The third-order valence-electron chi connectivity index (χ3n) is 3.31. The molecule has 18 heavy (non-hydrogen) atoms. The fourth-order valence-electron chi connectivity index (χ4n) is 2.37. The van der Waals surface area contributed by atoms with Crippen LogP contribution < -0.4 is 5.32 Å². The van der Waals surface area contributed by atoms with Crippen LogP contribution in [0.2, 0.25) is 0 Å². The van der Waals surface area contributed by atoms with E-state index in [0.717, 1.165) is 19.3 Å². The molecule has 0 spiro atoms. The van der Waals surface area contributed by atoms with Crippen LogP contribution in [-0.4, -0.2) is 35.3 Å². The SMILES string of the molecule is CO[C@H]1CCCC[C@@H]1Nc1cccc(C(=O)O)n1. The molecule has 1 aromatic rings. The lowest BCUT2D eigenvalue weighted by atomic mass is 9.92. The predicted molar refractivity (Wildman–Crippen MR) is 67.9 cm³/mol. The Morgan fingerprint density at radius 2 is 2.22 bits per heavy atom. The first kappa shape index (κ1) is 12.8. The average molecular weight is 250 g/mol. The van der Waals surface area contributed by atoms with Gasteiger partial charge in [0.05, 0.1) is 12.1 Å². The summed E-state index contributed by atoms with van der Waals surface area (Å²) in [7, 11) is 1.71. The number of aromatic carboxylic acids is 1. The highest BCUT2D eigenvalue weighted by molar-refractivity contribution is 5.85. The van der Waals surface area contributed by atoms with Gasteiger partial charge in [0.1, 0.15) is 5.82 Å². The Morgan fingerprint density at radius 1 is 1.44 bits per heavy atom. The van der Waals surface area contributed by atoms with Crippen molar-refractivity contribution in [3.05, 3.63) is 23.9 Å². The normalized spacial score (nSPS) is 23.6. The van der Waals surface area contributed by atoms with Gasteiger partial charge >= 0.3 is 5.97 Å². The van der Waals surface area contributed by atoms with Gasteiger partial charge in [-0.25, -0.2) is 9.78 Å². The number of anilines is 1. The third-order valence-corrected chi connectivity index (χ3v) is 3.31. The monoisotopic (exact) mass is 250 g/mol. The summed E-state index contributed by atoms with van der Waals surface area (Å²) in [5.41, 5.74) is 0.0600. The number of nitrogens with zero attached hydrogens (tertiary/aromatic N) is 1. The molecule has 1 aliphatic carbocycles. The molecule has 1 saturated carbocycles. The molecule has 0 amide bonds. The smallest absolute Gasteiger partial charge is 0.354 e. The van der Waals surface area contributed by atoms with E-state index in [1.807, 2.05) is 0 Å². The van der Waals surface area contributed by atoms with E-state index in [1.165, 1.54) is 12.5 Å². The predicted octanol–water partition coefficient (Wildman–Crippen LogP) is 2.15. The van der Waals surface area contributed by atoms with E-state index in [0.29, 0.717) is 5.82 Å². The number of carboxylic acid groups (broad SMARTS) is 1. The molecule has 1 aliphatic rings. The zero-order chi connectivity index (χ0) is 13.0. The molecule has 2 rings (SSSR count). The summed E-state index contributed by atoms with van der Waals surface area (Å²) in [6.45, 7) is 0. The van der Waals surface area contributed by atoms with Crippen LogP contribution in [0.15, 0.2) is 18.2 Å². The van der Waals surface area contributed by atoms with Gasteiger partial charge in [0, 0.05) is 7.11 Å². The van der Waals surface area contributed by atoms with E-state index in [9.17, 15) is 4.79 Å². The van der Waals surface area contributed by atoms with Gasteiger partial charge in [-0.3, -0.25) is 0 Å². The molecule has 1 heterocycles. The van der Waals surface area contributed by atoms with Gasteiger partial charge in [-0.2, -0.15) is 0 Å². The highest BCUT2D eigenvalue weighted by Crippen LogP contribution is 2.23. The van der Waals surface area contributed by atoms with Gasteiger partial charge in [0.25, 0.3) is 0 Å². The van der Waals surface area contributed by atoms with E-state index < -0.39 is 5.97 Å². The lowest BCUT2D eigenvalue weighted by Crippen LogP contribution is -2.38. The maximum Gasteiger partial charge on any atom is 0.354 e. The van der Waals surface area contributed by atoms with Crippen LogP contribution in [0.5, 0.6) is 0 Å². The van der Waals surface area contributed by atoms with Crippen molar-refractivity contribution < 1.29 is 14.6 Å². The number of pyridine rings is 1. The number of carbonyl (C=O) groups is 1. The van der Waals surface area contributed by atoms with E-state index in [4.69, 9.17) is 9.84 Å². The quantitative estimate of drug-likeness (QED) is 0.856. The number of aromatic nitrogens is 1. The van der Waals surface area contributed by atoms with Crippen LogP contribution in [0, 0.1) is 0 Å². The molecular formula is C13H18N2O3. The van der Waals surface area contributed by atoms with Crippen LogP contribution in [-0.2, 0) is 4.74 Å². The summed E-state index contributed by atoms with van der Waals surface area (Å²) in [6, 6.07) is 5.18. The van der Waals surface area contributed by atoms with Crippen molar-refractivity contribution in [3.8, 4) is 0 Å². The summed E-state index contributed by atoms with van der Waals surface area (Å²) >= 11 is 0. The molecule has 0 bridgehead atoms. The molecule has 5 nitrogen and oxygen atoms in total. The zero-order valence-electron chi connectivity index (χ0n) is 10.4. The molecule has 98 valence electrons. The Morgan fingerprint density at radius 3 is 2.94 bits per heavy atom. The van der Waals surface area contributed by atoms with Gasteiger partial charge in [0.15, 0.2) is 5.69 Å². The maximum atomic E-state index is 10.9. The minimum atomic E-state index is -1.01. The highest BCUT2D eigenvalue weighted by atomic mass is 16.5. The number of ether oxygens (including phenoxy) is 1. The minimum Gasteiger partial charge on any atom is -0.477 e. The lowest BCUT2D eigenvalue weighted by Gasteiger charge is -2.31. The number of carboxylic acids is 1. The van der Waals surface area contributed by atoms with Crippen molar-refractivity contribution in [1.29, 1.82) is 0 Å². The Labute approximate surface area is 106 Å². The molecule has 0 radical (unpaired) electrons. The van der Waals surface area contributed by atoms with E-state index in [2.05, 4.69) is 10.3 Å². The van der Waals surface area contributed by atoms with Gasteiger partial charge in [-0.05, 0) is 25.0 Å². The topological polar surface area (TPSA) is 71.5 Å². The standard InChI is InChI=1S/C13H18N2O3/c1-18-11-7-3-2-5-9(11)14-12-8-4-6-10(15-12)13(16)17/h4,6,8-9,11H,2-3,5,7H2,1H3,(H,14,15)(H,16,17)/t9-,11-/m0/s1. The van der Waals surface area contributed by atoms with Crippen LogP contribution in [0.1, 0.15) is 36.2 Å². The molecule has 0 aliphatic heterocycles. The van der Waals surface area contributed by atoms with Crippen LogP contribution in [0.4, 0.5) is 5.82 Å². The zero-order valence-corrected chi connectivity index (χ0v) is 10.4. The Balaban J connectivity index is 2.07. The van der Waals surface area contributed by atoms with Crippen molar-refractivity contribution in [2.75, 3.05) is 12.4 Å². The summed E-state index contributed by atoms with van der Waals surface area (Å²) in [6.07, 6.45) is 4.58. The van der Waals surface area contributed by atoms with Gasteiger partial charge in [0.2, 0.25) is 0 Å².